The van der Waals surface area contributed by atoms with Gasteiger partial charge in [0.2, 0.25) is 0 Å². The molecule has 1 aromatic heterocycles. The maximum Gasteiger partial charge on any atom is 0.348 e. The summed E-state index contributed by atoms with van der Waals surface area (Å²) in [4.78, 5) is 26.6. The number of carbonyl (C=O) groups excluding carboxylic acids is 2. The van der Waals surface area contributed by atoms with Crippen LogP contribution in [0, 0.1) is 6.92 Å². The van der Waals surface area contributed by atoms with Crippen LogP contribution in [0.1, 0.15) is 32.5 Å². The average Bonchev–Trinajstić information content (AvgIpc) is 2.88. The molecule has 2 rings (SSSR count). The second kappa shape index (κ2) is 7.28. The van der Waals surface area contributed by atoms with Crippen LogP contribution in [0.3, 0.4) is 0 Å². The minimum Gasteiger partial charge on any atom is -0.462 e. The van der Waals surface area contributed by atoms with Gasteiger partial charge in [0.1, 0.15) is 4.88 Å². The van der Waals surface area contributed by atoms with Gasteiger partial charge in [-0.15, -0.1) is 11.3 Å². The molecule has 0 aliphatic carbocycles. The molecule has 1 N–H and O–H groups in total. The largest absolute Gasteiger partial charge is 0.462 e. The number of ether oxygens (including phenoxy) is 1. The first kappa shape index (κ1) is 17.0. The van der Waals surface area contributed by atoms with Gasteiger partial charge in [-0.3, -0.25) is 4.79 Å². The number of hydrogen-bond donors (Lipinski definition) is 1. The molecule has 2 aromatic rings. The summed E-state index contributed by atoms with van der Waals surface area (Å²) in [5.74, 6) is -0.560. The van der Waals surface area contributed by atoms with Crippen LogP contribution in [-0.2, 0) is 4.74 Å². The highest BCUT2D eigenvalue weighted by molar-refractivity contribution is 7.18. The summed E-state index contributed by atoms with van der Waals surface area (Å²) < 4.78 is 5.01. The first-order valence-corrected chi connectivity index (χ1v) is 8.10. The fourth-order valence-electron chi connectivity index (χ4n) is 2.05. The third-order valence-electron chi connectivity index (χ3n) is 3.24. The number of carbonyl (C=O) groups is 2. The molecule has 1 heterocycles. The maximum absolute atomic E-state index is 12.4. The molecule has 0 spiro atoms. The first-order valence-electron chi connectivity index (χ1n) is 7.28. The zero-order chi connectivity index (χ0) is 17.0. The number of rotatable bonds is 5. The van der Waals surface area contributed by atoms with Crippen LogP contribution >= 0.6 is 11.3 Å². The van der Waals surface area contributed by atoms with E-state index in [1.54, 1.807) is 19.1 Å². The molecular formula is C17H20N2O3S. The molecule has 0 aliphatic heterocycles. The van der Waals surface area contributed by atoms with E-state index in [-0.39, 0.29) is 11.9 Å². The number of nitrogens with one attached hydrogen (secondary N) is 1. The number of anilines is 2. The second-order valence-electron chi connectivity index (χ2n) is 5.24. The summed E-state index contributed by atoms with van der Waals surface area (Å²) in [5.41, 5.74) is 2.32. The maximum atomic E-state index is 12.4. The lowest BCUT2D eigenvalue weighted by atomic mass is 10.2. The van der Waals surface area contributed by atoms with Gasteiger partial charge in [-0.2, -0.15) is 0 Å². The summed E-state index contributed by atoms with van der Waals surface area (Å²) in [6.45, 7) is 3.92. The van der Waals surface area contributed by atoms with Gasteiger partial charge in [-0.25, -0.2) is 4.79 Å². The smallest absolute Gasteiger partial charge is 0.348 e. The molecule has 0 aliphatic rings. The van der Waals surface area contributed by atoms with Gasteiger partial charge in [-0.1, -0.05) is 6.07 Å². The van der Waals surface area contributed by atoms with E-state index in [2.05, 4.69) is 5.32 Å². The molecule has 0 radical (unpaired) electrons. The van der Waals surface area contributed by atoms with Crippen molar-refractivity contribution in [2.45, 2.75) is 13.8 Å². The van der Waals surface area contributed by atoms with E-state index >= 15 is 0 Å². The lowest BCUT2D eigenvalue weighted by Crippen LogP contribution is -2.13. The number of amides is 1. The molecule has 0 saturated carbocycles. The van der Waals surface area contributed by atoms with E-state index in [1.165, 1.54) is 11.3 Å². The lowest BCUT2D eigenvalue weighted by Gasteiger charge is -2.13. The van der Waals surface area contributed by atoms with Crippen LogP contribution in [0.25, 0.3) is 0 Å². The Morgan fingerprint density at radius 3 is 2.65 bits per heavy atom. The molecule has 1 amide bonds. The van der Waals surface area contributed by atoms with Crippen molar-refractivity contribution in [3.05, 3.63) is 46.3 Å². The zero-order valence-corrected chi connectivity index (χ0v) is 14.5. The molecule has 6 heteroatoms. The molecule has 0 unspecified atom stereocenters. The summed E-state index contributed by atoms with van der Waals surface area (Å²) in [6.07, 6.45) is 0. The number of hydrogen-bond acceptors (Lipinski definition) is 5. The Bertz CT molecular complexity index is 722. The Balaban J connectivity index is 2.16. The van der Waals surface area contributed by atoms with E-state index in [1.807, 2.05) is 44.1 Å². The molecule has 1 aromatic carbocycles. The van der Waals surface area contributed by atoms with Gasteiger partial charge in [0.05, 0.1) is 11.6 Å². The Kier molecular flexibility index (Phi) is 5.39. The van der Waals surface area contributed by atoms with Gasteiger partial charge in [-0.05, 0) is 43.7 Å². The van der Waals surface area contributed by atoms with Crippen molar-refractivity contribution in [3.8, 4) is 0 Å². The minimum atomic E-state index is -0.356. The van der Waals surface area contributed by atoms with Crippen molar-refractivity contribution in [3.63, 3.8) is 0 Å². The lowest BCUT2D eigenvalue weighted by molar-refractivity contribution is 0.0531. The van der Waals surface area contributed by atoms with E-state index < -0.39 is 0 Å². The highest BCUT2D eigenvalue weighted by Crippen LogP contribution is 2.28. The average molecular weight is 332 g/mol. The number of benzene rings is 1. The van der Waals surface area contributed by atoms with Crippen LogP contribution in [0.4, 0.5) is 10.7 Å². The number of thiophene rings is 1. The fourth-order valence-corrected chi connectivity index (χ4v) is 3.01. The van der Waals surface area contributed by atoms with Crippen molar-refractivity contribution in [1.82, 2.24) is 0 Å². The van der Waals surface area contributed by atoms with Gasteiger partial charge in [0, 0.05) is 25.3 Å². The Hall–Kier alpha value is -2.34. The van der Waals surface area contributed by atoms with Crippen molar-refractivity contribution in [2.24, 2.45) is 0 Å². The predicted molar refractivity (Wildman–Crippen MR) is 93.7 cm³/mol. The summed E-state index contributed by atoms with van der Waals surface area (Å²) in [7, 11) is 3.84. The third-order valence-corrected chi connectivity index (χ3v) is 4.37. The molecular weight excluding hydrogens is 312 g/mol. The second-order valence-corrected chi connectivity index (χ2v) is 6.29. The number of aryl methyl sites for hydroxylation is 1. The Labute approximate surface area is 139 Å². The molecule has 0 fully saturated rings. The summed E-state index contributed by atoms with van der Waals surface area (Å²) in [6, 6.07) is 9.14. The summed E-state index contributed by atoms with van der Waals surface area (Å²) in [5, 5.41) is 3.47. The molecule has 0 saturated heterocycles. The highest BCUT2D eigenvalue weighted by Gasteiger charge is 2.16. The summed E-state index contributed by atoms with van der Waals surface area (Å²) >= 11 is 1.22. The van der Waals surface area contributed by atoms with Gasteiger partial charge in [0.15, 0.2) is 0 Å². The van der Waals surface area contributed by atoms with Crippen LogP contribution in [0.2, 0.25) is 0 Å². The highest BCUT2D eigenvalue weighted by atomic mass is 32.1. The van der Waals surface area contributed by atoms with E-state index in [4.69, 9.17) is 4.74 Å². The molecule has 23 heavy (non-hydrogen) atoms. The third kappa shape index (κ3) is 4.10. The van der Waals surface area contributed by atoms with Crippen molar-refractivity contribution >= 4 is 33.9 Å². The standard InChI is InChI=1S/C17H20N2O3S/c1-5-22-17(21)15-11(2)9-14(23-15)18-16(20)12-7-6-8-13(10-12)19(3)4/h6-10H,5H2,1-4H3,(H,18,20). The van der Waals surface area contributed by atoms with Crippen molar-refractivity contribution in [1.29, 1.82) is 0 Å². The molecule has 122 valence electrons. The van der Waals surface area contributed by atoms with E-state index in [0.717, 1.165) is 11.3 Å². The topological polar surface area (TPSA) is 58.6 Å². The molecule has 0 atom stereocenters. The Morgan fingerprint density at radius 1 is 1.26 bits per heavy atom. The monoisotopic (exact) mass is 332 g/mol. The quantitative estimate of drug-likeness (QED) is 0.851. The number of esters is 1. The van der Waals surface area contributed by atoms with Gasteiger partial charge in [0.25, 0.3) is 5.91 Å². The van der Waals surface area contributed by atoms with E-state index in [9.17, 15) is 9.59 Å². The van der Waals surface area contributed by atoms with E-state index in [0.29, 0.717) is 22.0 Å². The minimum absolute atomic E-state index is 0.203. The molecule has 5 nitrogen and oxygen atoms in total. The predicted octanol–water partition coefficient (Wildman–Crippen LogP) is 3.55. The SMILES string of the molecule is CCOC(=O)c1sc(NC(=O)c2cccc(N(C)C)c2)cc1C. The normalized spacial score (nSPS) is 10.3. The fraction of sp³-hybridized carbons (Fsp3) is 0.294. The number of nitrogens with zero attached hydrogens (tertiary/aromatic N) is 1. The van der Waals surface area contributed by atoms with Gasteiger partial charge < -0.3 is 15.0 Å². The van der Waals surface area contributed by atoms with Crippen LogP contribution < -0.4 is 10.2 Å². The van der Waals surface area contributed by atoms with Gasteiger partial charge >= 0.3 is 5.97 Å². The van der Waals surface area contributed by atoms with Crippen LogP contribution in [0.15, 0.2) is 30.3 Å². The van der Waals surface area contributed by atoms with Crippen LogP contribution in [-0.4, -0.2) is 32.6 Å². The first-order chi connectivity index (χ1) is 10.9. The van der Waals surface area contributed by atoms with Crippen molar-refractivity contribution < 1.29 is 14.3 Å². The zero-order valence-electron chi connectivity index (χ0n) is 13.7. The molecule has 0 bridgehead atoms. The Morgan fingerprint density at radius 2 is 2.00 bits per heavy atom. The van der Waals surface area contributed by atoms with Crippen molar-refractivity contribution in [2.75, 3.05) is 30.9 Å². The van der Waals surface area contributed by atoms with Crippen LogP contribution in [0.5, 0.6) is 0 Å².